The van der Waals surface area contributed by atoms with Gasteiger partial charge < -0.3 is 9.30 Å². The number of anilines is 1. The number of aromatic nitrogens is 4. The molecule has 0 spiro atoms. The lowest BCUT2D eigenvalue weighted by Gasteiger charge is -2.23. The molecule has 0 bridgehead atoms. The molecular weight excluding hydrogens is 394 g/mol. The molecule has 0 saturated carbocycles. The maximum atomic E-state index is 13.0. The molecule has 152 valence electrons. The van der Waals surface area contributed by atoms with Crippen molar-refractivity contribution in [2.45, 2.75) is 40.8 Å². The molecule has 4 rings (SSSR count). The molecule has 1 N–H and O–H groups in total. The molecule has 3 heterocycles. The van der Waals surface area contributed by atoms with Gasteiger partial charge in [-0.15, -0.1) is 0 Å². The maximum absolute atomic E-state index is 13.0. The lowest BCUT2D eigenvalue weighted by molar-refractivity contribution is 0.101. The fourth-order valence-electron chi connectivity index (χ4n) is 3.59. The SMILES string of the molecule is CCn1nc(C)c(Cl)c1C(=O)Nc1nc2cc(C=O)cc3c2n1CC(C)(C)CO3. The molecule has 0 fully saturated rings. The molecule has 8 nitrogen and oxygen atoms in total. The van der Waals surface area contributed by atoms with Crippen LogP contribution in [0, 0.1) is 12.3 Å². The van der Waals surface area contributed by atoms with Crippen LogP contribution in [0.15, 0.2) is 12.1 Å². The Hall–Kier alpha value is -2.87. The monoisotopic (exact) mass is 415 g/mol. The molecule has 9 heteroatoms. The molecule has 1 aliphatic rings. The van der Waals surface area contributed by atoms with Crippen molar-refractivity contribution in [1.29, 1.82) is 0 Å². The van der Waals surface area contributed by atoms with Crippen LogP contribution < -0.4 is 10.1 Å². The Labute approximate surface area is 172 Å². The fourth-order valence-corrected chi connectivity index (χ4v) is 3.81. The van der Waals surface area contributed by atoms with Crippen molar-refractivity contribution in [2.75, 3.05) is 11.9 Å². The van der Waals surface area contributed by atoms with E-state index in [-0.39, 0.29) is 11.3 Å². The zero-order valence-corrected chi connectivity index (χ0v) is 17.5. The minimum absolute atomic E-state index is 0.201. The van der Waals surface area contributed by atoms with Crippen LogP contribution >= 0.6 is 11.6 Å². The number of rotatable bonds is 4. The summed E-state index contributed by atoms with van der Waals surface area (Å²) in [6, 6.07) is 3.39. The van der Waals surface area contributed by atoms with Gasteiger partial charge in [0.25, 0.3) is 5.91 Å². The van der Waals surface area contributed by atoms with Crippen molar-refractivity contribution in [3.05, 3.63) is 34.1 Å². The van der Waals surface area contributed by atoms with Crippen LogP contribution in [0.3, 0.4) is 0 Å². The molecule has 0 radical (unpaired) electrons. The van der Waals surface area contributed by atoms with Gasteiger partial charge in [-0.05, 0) is 26.0 Å². The minimum Gasteiger partial charge on any atom is -0.491 e. The molecule has 29 heavy (non-hydrogen) atoms. The Morgan fingerprint density at radius 1 is 1.41 bits per heavy atom. The van der Waals surface area contributed by atoms with E-state index < -0.39 is 0 Å². The Balaban J connectivity index is 1.83. The molecule has 3 aromatic rings. The summed E-state index contributed by atoms with van der Waals surface area (Å²) in [6.07, 6.45) is 0.759. The van der Waals surface area contributed by atoms with Gasteiger partial charge in [0.1, 0.15) is 23.2 Å². The number of amides is 1. The first-order chi connectivity index (χ1) is 13.7. The van der Waals surface area contributed by atoms with Gasteiger partial charge in [0, 0.05) is 24.1 Å². The smallest absolute Gasteiger partial charge is 0.277 e. The molecular formula is C20H22ClN5O3. The largest absolute Gasteiger partial charge is 0.491 e. The fraction of sp³-hybridized carbons (Fsp3) is 0.400. The third-order valence-electron chi connectivity index (χ3n) is 4.96. The van der Waals surface area contributed by atoms with E-state index in [1.165, 1.54) is 0 Å². The lowest BCUT2D eigenvalue weighted by atomic mass is 9.95. The Morgan fingerprint density at radius 2 is 2.17 bits per heavy atom. The van der Waals surface area contributed by atoms with Crippen molar-refractivity contribution in [3.63, 3.8) is 0 Å². The minimum atomic E-state index is -0.385. The van der Waals surface area contributed by atoms with Crippen molar-refractivity contribution >= 4 is 40.8 Å². The summed E-state index contributed by atoms with van der Waals surface area (Å²) in [5.74, 6) is 0.574. The molecule has 0 atom stereocenters. The quantitative estimate of drug-likeness (QED) is 0.656. The third kappa shape index (κ3) is 3.27. The number of halogens is 1. The second-order valence-electron chi connectivity index (χ2n) is 8.00. The molecule has 0 aliphatic carbocycles. The highest BCUT2D eigenvalue weighted by molar-refractivity contribution is 6.34. The van der Waals surface area contributed by atoms with Crippen LogP contribution in [-0.4, -0.2) is 38.1 Å². The number of nitrogens with zero attached hydrogens (tertiary/aromatic N) is 4. The summed E-state index contributed by atoms with van der Waals surface area (Å²) < 4.78 is 9.47. The number of benzene rings is 1. The van der Waals surface area contributed by atoms with E-state index in [4.69, 9.17) is 16.3 Å². The first-order valence-electron chi connectivity index (χ1n) is 9.40. The first kappa shape index (κ1) is 19.4. The summed E-state index contributed by atoms with van der Waals surface area (Å²) in [6.45, 7) is 9.38. The topological polar surface area (TPSA) is 91.0 Å². The van der Waals surface area contributed by atoms with E-state index in [0.29, 0.717) is 58.9 Å². The van der Waals surface area contributed by atoms with Crippen LogP contribution in [0.2, 0.25) is 5.02 Å². The number of imidazole rings is 1. The van der Waals surface area contributed by atoms with Crippen LogP contribution in [0.4, 0.5) is 5.95 Å². The highest BCUT2D eigenvalue weighted by Gasteiger charge is 2.30. The standard InChI is InChI=1S/C20H22ClN5O3/c1-5-26-17(15(21)11(2)24-26)18(28)23-19-22-13-6-12(8-27)7-14-16(13)25(19)9-20(3,4)10-29-14/h6-8H,5,9-10H2,1-4H3,(H,22,23,28). The van der Waals surface area contributed by atoms with Gasteiger partial charge >= 0.3 is 0 Å². The first-order valence-corrected chi connectivity index (χ1v) is 9.78. The van der Waals surface area contributed by atoms with E-state index in [9.17, 15) is 9.59 Å². The number of hydrogen-bond acceptors (Lipinski definition) is 5. The zero-order chi connectivity index (χ0) is 20.9. The Morgan fingerprint density at radius 3 is 2.86 bits per heavy atom. The predicted octanol–water partition coefficient (Wildman–Crippen LogP) is 3.70. The van der Waals surface area contributed by atoms with Gasteiger partial charge in [0.2, 0.25) is 5.95 Å². The number of carbonyl (C=O) groups excluding carboxylic acids is 2. The molecule has 0 saturated heterocycles. The van der Waals surface area contributed by atoms with E-state index >= 15 is 0 Å². The molecule has 1 aliphatic heterocycles. The van der Waals surface area contributed by atoms with Gasteiger partial charge in [-0.25, -0.2) is 4.98 Å². The summed E-state index contributed by atoms with van der Waals surface area (Å²) in [7, 11) is 0. The summed E-state index contributed by atoms with van der Waals surface area (Å²) in [5, 5.41) is 7.51. The van der Waals surface area contributed by atoms with Crippen molar-refractivity contribution in [3.8, 4) is 5.75 Å². The number of carbonyl (C=O) groups is 2. The van der Waals surface area contributed by atoms with Crippen LogP contribution in [-0.2, 0) is 13.1 Å². The number of hydrogen-bond donors (Lipinski definition) is 1. The van der Waals surface area contributed by atoms with E-state index in [2.05, 4.69) is 29.2 Å². The number of ether oxygens (including phenoxy) is 1. The zero-order valence-electron chi connectivity index (χ0n) is 16.7. The number of aryl methyl sites for hydroxylation is 2. The lowest BCUT2D eigenvalue weighted by Crippen LogP contribution is -2.27. The Bertz CT molecular complexity index is 1150. The van der Waals surface area contributed by atoms with Crippen LogP contribution in [0.5, 0.6) is 5.75 Å². The number of aldehydes is 1. The van der Waals surface area contributed by atoms with Crippen molar-refractivity contribution in [2.24, 2.45) is 5.41 Å². The second-order valence-corrected chi connectivity index (χ2v) is 8.37. The highest BCUT2D eigenvalue weighted by atomic mass is 35.5. The maximum Gasteiger partial charge on any atom is 0.277 e. The average molecular weight is 416 g/mol. The molecule has 0 unspecified atom stereocenters. The van der Waals surface area contributed by atoms with Gasteiger partial charge in [0.15, 0.2) is 0 Å². The van der Waals surface area contributed by atoms with E-state index in [1.807, 2.05) is 11.5 Å². The summed E-state index contributed by atoms with van der Waals surface area (Å²) in [4.78, 5) is 29.0. The van der Waals surface area contributed by atoms with Gasteiger partial charge in [0.05, 0.1) is 22.8 Å². The number of nitrogens with one attached hydrogen (secondary N) is 1. The molecule has 1 aromatic carbocycles. The van der Waals surface area contributed by atoms with E-state index in [0.717, 1.165) is 11.8 Å². The molecule has 2 aromatic heterocycles. The third-order valence-corrected chi connectivity index (χ3v) is 5.42. The van der Waals surface area contributed by atoms with Crippen LogP contribution in [0.25, 0.3) is 11.0 Å². The summed E-state index contributed by atoms with van der Waals surface area (Å²) >= 11 is 6.32. The second kappa shape index (κ2) is 6.88. The highest BCUT2D eigenvalue weighted by Crippen LogP contribution is 2.37. The van der Waals surface area contributed by atoms with Gasteiger partial charge in [-0.3, -0.25) is 19.6 Å². The normalized spacial score (nSPS) is 15.1. The van der Waals surface area contributed by atoms with E-state index in [1.54, 1.807) is 23.7 Å². The molecule has 1 amide bonds. The predicted molar refractivity (Wildman–Crippen MR) is 110 cm³/mol. The van der Waals surface area contributed by atoms with Gasteiger partial charge in [-0.2, -0.15) is 5.10 Å². The van der Waals surface area contributed by atoms with Crippen molar-refractivity contribution < 1.29 is 14.3 Å². The summed E-state index contributed by atoms with van der Waals surface area (Å²) in [5.41, 5.74) is 2.50. The van der Waals surface area contributed by atoms with Gasteiger partial charge in [-0.1, -0.05) is 25.4 Å². The van der Waals surface area contributed by atoms with Crippen LogP contribution in [0.1, 0.15) is 47.3 Å². The van der Waals surface area contributed by atoms with Crippen molar-refractivity contribution in [1.82, 2.24) is 19.3 Å². The Kier molecular flexibility index (Phi) is 4.61. The average Bonchev–Trinajstić information content (AvgIpc) is 3.10.